The Morgan fingerprint density at radius 2 is 1.69 bits per heavy atom. The van der Waals surface area contributed by atoms with Gasteiger partial charge in [0.05, 0.1) is 0 Å². The number of hydrogen-bond acceptors (Lipinski definition) is 7. The van der Waals surface area contributed by atoms with Gasteiger partial charge in [-0.05, 0) is 23.8 Å². The topological polar surface area (TPSA) is 83.5 Å². The first kappa shape index (κ1) is 22.0. The Balaban J connectivity index is 2.21. The van der Waals surface area contributed by atoms with Crippen molar-refractivity contribution in [2.24, 2.45) is 0 Å². The van der Waals surface area contributed by atoms with Crippen molar-refractivity contribution >= 4 is 11.9 Å². The second kappa shape index (κ2) is 11.5. The highest BCUT2D eigenvalue weighted by Gasteiger charge is 2.18. The van der Waals surface area contributed by atoms with Crippen molar-refractivity contribution in [1.29, 1.82) is 0 Å². The molecule has 0 saturated carbocycles. The molecule has 0 bridgehead atoms. The van der Waals surface area contributed by atoms with Gasteiger partial charge in [0.1, 0.15) is 35.2 Å². The lowest BCUT2D eigenvalue weighted by molar-refractivity contribution is 0.0453. The smallest absolute Gasteiger partial charge is 0.193 e. The quantitative estimate of drug-likeness (QED) is 0.251. The molecule has 0 radical (unpaired) electrons. The number of methoxy groups -OCH3 is 2. The van der Waals surface area contributed by atoms with Crippen LogP contribution in [0.4, 0.5) is 0 Å². The Morgan fingerprint density at radius 1 is 1.00 bits per heavy atom. The van der Waals surface area contributed by atoms with Crippen LogP contribution < -0.4 is 14.2 Å². The van der Waals surface area contributed by atoms with Crippen LogP contribution in [0.5, 0.6) is 23.0 Å². The summed E-state index contributed by atoms with van der Waals surface area (Å²) in [5.41, 5.74) is 0.803. The Kier molecular flexibility index (Phi) is 8.75. The monoisotopic (exact) mass is 400 g/mol. The van der Waals surface area contributed by atoms with Crippen molar-refractivity contribution in [2.75, 3.05) is 34.4 Å². The normalized spacial score (nSPS) is 10.7. The van der Waals surface area contributed by atoms with Gasteiger partial charge in [-0.1, -0.05) is 30.9 Å². The Hall–Kier alpha value is -3.29. The van der Waals surface area contributed by atoms with Crippen molar-refractivity contribution in [3.05, 3.63) is 66.3 Å². The molecule has 0 saturated heterocycles. The summed E-state index contributed by atoms with van der Waals surface area (Å²) in [6.07, 6.45) is 4.65. The van der Waals surface area contributed by atoms with Crippen LogP contribution in [-0.2, 0) is 9.47 Å². The molecule has 2 aromatic carbocycles. The predicted octanol–water partition coefficient (Wildman–Crippen LogP) is 3.82. The standard InChI is InChI=1S/C22H24O7/c1-4-11-27-17-8-5-16(6-9-17)7-10-19(23)22-20(24)12-18(28-14-25-2)13-21(22)29-15-26-3/h4-10,12-13,24H,1,11,14-15H2,2-3H3/b10-7+. The third kappa shape index (κ3) is 6.67. The van der Waals surface area contributed by atoms with Gasteiger partial charge < -0.3 is 28.8 Å². The summed E-state index contributed by atoms with van der Waals surface area (Å²) in [6, 6.07) is 10.0. The fraction of sp³-hybridized carbons (Fsp3) is 0.227. The highest BCUT2D eigenvalue weighted by atomic mass is 16.7. The minimum Gasteiger partial charge on any atom is -0.507 e. The van der Waals surface area contributed by atoms with Gasteiger partial charge >= 0.3 is 0 Å². The largest absolute Gasteiger partial charge is 0.507 e. The minimum absolute atomic E-state index is 0.00834. The fourth-order valence-corrected chi connectivity index (χ4v) is 2.36. The lowest BCUT2D eigenvalue weighted by Gasteiger charge is -2.13. The number of allylic oxidation sites excluding steroid dienone is 1. The number of rotatable bonds is 12. The summed E-state index contributed by atoms with van der Waals surface area (Å²) < 4.78 is 25.9. The van der Waals surface area contributed by atoms with Gasteiger partial charge in [-0.2, -0.15) is 0 Å². The van der Waals surface area contributed by atoms with E-state index in [0.717, 1.165) is 5.56 Å². The molecule has 7 heteroatoms. The summed E-state index contributed by atoms with van der Waals surface area (Å²) in [7, 11) is 2.93. The van der Waals surface area contributed by atoms with E-state index in [1.54, 1.807) is 24.3 Å². The molecule has 2 rings (SSSR count). The first-order chi connectivity index (χ1) is 14.1. The third-order valence-corrected chi connectivity index (χ3v) is 3.65. The molecule has 0 fully saturated rings. The number of ether oxygens (including phenoxy) is 5. The van der Waals surface area contributed by atoms with Crippen molar-refractivity contribution in [1.82, 2.24) is 0 Å². The van der Waals surface area contributed by atoms with Gasteiger partial charge in [0.25, 0.3) is 0 Å². The lowest BCUT2D eigenvalue weighted by Crippen LogP contribution is -2.06. The van der Waals surface area contributed by atoms with Gasteiger partial charge in [0.2, 0.25) is 0 Å². The number of carbonyl (C=O) groups is 1. The second-order valence-corrected chi connectivity index (χ2v) is 5.78. The van der Waals surface area contributed by atoms with Crippen LogP contribution in [-0.4, -0.2) is 45.3 Å². The number of phenols is 1. The molecule has 0 aliphatic carbocycles. The van der Waals surface area contributed by atoms with E-state index in [1.165, 1.54) is 32.4 Å². The van der Waals surface area contributed by atoms with Gasteiger partial charge in [0.15, 0.2) is 19.4 Å². The Morgan fingerprint density at radius 3 is 2.34 bits per heavy atom. The van der Waals surface area contributed by atoms with E-state index in [-0.39, 0.29) is 30.6 Å². The van der Waals surface area contributed by atoms with E-state index in [9.17, 15) is 9.90 Å². The number of ketones is 1. The molecule has 7 nitrogen and oxygen atoms in total. The summed E-state index contributed by atoms with van der Waals surface area (Å²) in [4.78, 5) is 12.7. The van der Waals surface area contributed by atoms with Crippen LogP contribution in [0.1, 0.15) is 15.9 Å². The molecular formula is C22H24O7. The first-order valence-electron chi connectivity index (χ1n) is 8.75. The summed E-state index contributed by atoms with van der Waals surface area (Å²) in [5.74, 6) is 0.436. The average molecular weight is 400 g/mol. The molecule has 0 spiro atoms. The molecule has 0 atom stereocenters. The van der Waals surface area contributed by atoms with Crippen molar-refractivity contribution < 1.29 is 33.6 Å². The van der Waals surface area contributed by atoms with E-state index in [0.29, 0.717) is 18.1 Å². The molecule has 29 heavy (non-hydrogen) atoms. The fourth-order valence-electron chi connectivity index (χ4n) is 2.36. The van der Waals surface area contributed by atoms with Crippen molar-refractivity contribution in [2.45, 2.75) is 0 Å². The van der Waals surface area contributed by atoms with Gasteiger partial charge in [0, 0.05) is 26.4 Å². The van der Waals surface area contributed by atoms with E-state index < -0.39 is 5.78 Å². The number of carbonyl (C=O) groups excluding carboxylic acids is 1. The zero-order chi connectivity index (χ0) is 21.1. The first-order valence-corrected chi connectivity index (χ1v) is 8.75. The molecule has 0 aromatic heterocycles. The molecule has 0 aliphatic rings. The van der Waals surface area contributed by atoms with E-state index in [4.69, 9.17) is 23.7 Å². The van der Waals surface area contributed by atoms with Crippen LogP contribution in [0.3, 0.4) is 0 Å². The number of phenolic OH excluding ortho intramolecular Hbond substituents is 1. The average Bonchev–Trinajstić information content (AvgIpc) is 2.73. The molecule has 1 N–H and O–H groups in total. The van der Waals surface area contributed by atoms with Crippen molar-refractivity contribution in [3.8, 4) is 23.0 Å². The summed E-state index contributed by atoms with van der Waals surface area (Å²) in [6.45, 7) is 3.91. The lowest BCUT2D eigenvalue weighted by atomic mass is 10.1. The molecule has 2 aromatic rings. The summed E-state index contributed by atoms with van der Waals surface area (Å²) in [5, 5.41) is 10.3. The predicted molar refractivity (Wildman–Crippen MR) is 109 cm³/mol. The van der Waals surface area contributed by atoms with Gasteiger partial charge in [-0.25, -0.2) is 0 Å². The zero-order valence-corrected chi connectivity index (χ0v) is 16.4. The van der Waals surface area contributed by atoms with Gasteiger partial charge in [-0.15, -0.1) is 0 Å². The minimum atomic E-state index is -0.432. The summed E-state index contributed by atoms with van der Waals surface area (Å²) >= 11 is 0. The second-order valence-electron chi connectivity index (χ2n) is 5.78. The molecule has 0 heterocycles. The molecule has 0 amide bonds. The van der Waals surface area contributed by atoms with Crippen LogP contribution in [0.2, 0.25) is 0 Å². The van der Waals surface area contributed by atoms with Crippen LogP contribution in [0, 0.1) is 0 Å². The highest BCUT2D eigenvalue weighted by Crippen LogP contribution is 2.34. The molecule has 154 valence electrons. The van der Waals surface area contributed by atoms with E-state index >= 15 is 0 Å². The Bertz CT molecular complexity index is 841. The Labute approximate surface area is 169 Å². The third-order valence-electron chi connectivity index (χ3n) is 3.65. The molecule has 0 unspecified atom stereocenters. The maximum atomic E-state index is 12.7. The SMILES string of the molecule is C=CCOc1ccc(/C=C/C(=O)c2c(O)cc(OCOC)cc2OCOC)cc1. The van der Waals surface area contributed by atoms with Crippen LogP contribution in [0.25, 0.3) is 6.08 Å². The number of benzene rings is 2. The van der Waals surface area contributed by atoms with E-state index in [1.807, 2.05) is 12.1 Å². The van der Waals surface area contributed by atoms with Crippen molar-refractivity contribution in [3.63, 3.8) is 0 Å². The number of hydrogen-bond donors (Lipinski definition) is 1. The zero-order valence-electron chi connectivity index (χ0n) is 16.4. The van der Waals surface area contributed by atoms with Crippen LogP contribution >= 0.6 is 0 Å². The van der Waals surface area contributed by atoms with Crippen LogP contribution in [0.15, 0.2) is 55.1 Å². The van der Waals surface area contributed by atoms with E-state index in [2.05, 4.69) is 6.58 Å². The maximum Gasteiger partial charge on any atom is 0.193 e. The molecular weight excluding hydrogens is 376 g/mol. The van der Waals surface area contributed by atoms with Gasteiger partial charge in [-0.3, -0.25) is 4.79 Å². The number of aromatic hydroxyl groups is 1. The molecule has 0 aliphatic heterocycles. The maximum absolute atomic E-state index is 12.7. The highest BCUT2D eigenvalue weighted by molar-refractivity contribution is 6.10.